The molecule has 2 heterocycles. The average molecular weight is 383 g/mol. The van der Waals surface area contributed by atoms with E-state index in [0.717, 1.165) is 12.3 Å². The van der Waals surface area contributed by atoms with Crippen molar-refractivity contribution in [3.63, 3.8) is 0 Å². The molecule has 0 aliphatic carbocycles. The predicted molar refractivity (Wildman–Crippen MR) is 87.9 cm³/mol. The molecule has 2 aromatic heterocycles. The summed E-state index contributed by atoms with van der Waals surface area (Å²) in [5, 5.41) is 3.89. The zero-order chi connectivity index (χ0) is 18.9. The average Bonchev–Trinajstić information content (AvgIpc) is 3.07. The predicted octanol–water partition coefficient (Wildman–Crippen LogP) is 5.45. The summed E-state index contributed by atoms with van der Waals surface area (Å²) in [7, 11) is 0. The molecule has 1 atom stereocenters. The fraction of sp³-hybridized carbons (Fsp3) is 0.235. The molecule has 0 saturated carbocycles. The van der Waals surface area contributed by atoms with Gasteiger partial charge in [0.15, 0.2) is 0 Å². The largest absolute Gasteiger partial charge is 0.417 e. The first-order valence-corrected chi connectivity index (χ1v) is 8.42. The van der Waals surface area contributed by atoms with E-state index in [4.69, 9.17) is 4.52 Å². The third-order valence-corrected chi connectivity index (χ3v) is 4.62. The highest BCUT2D eigenvalue weighted by molar-refractivity contribution is 7.99. The molecule has 3 rings (SSSR count). The van der Waals surface area contributed by atoms with Gasteiger partial charge in [-0.05, 0) is 37.6 Å². The maximum absolute atomic E-state index is 13.7. The van der Waals surface area contributed by atoms with Crippen LogP contribution >= 0.6 is 11.8 Å². The van der Waals surface area contributed by atoms with Crippen molar-refractivity contribution in [2.75, 3.05) is 0 Å². The minimum atomic E-state index is -4.42. The molecule has 26 heavy (non-hydrogen) atoms. The Labute approximate surface area is 150 Å². The van der Waals surface area contributed by atoms with Gasteiger partial charge in [0.2, 0.25) is 11.7 Å². The van der Waals surface area contributed by atoms with Crippen LogP contribution in [0.4, 0.5) is 17.6 Å². The molecule has 0 radical (unpaired) electrons. The molecule has 0 fully saturated rings. The van der Waals surface area contributed by atoms with Gasteiger partial charge in [-0.25, -0.2) is 9.37 Å². The van der Waals surface area contributed by atoms with Crippen molar-refractivity contribution in [3.05, 3.63) is 59.4 Å². The van der Waals surface area contributed by atoms with Gasteiger partial charge in [-0.15, -0.1) is 0 Å². The monoisotopic (exact) mass is 383 g/mol. The fourth-order valence-corrected chi connectivity index (χ4v) is 2.92. The number of aromatic nitrogens is 3. The van der Waals surface area contributed by atoms with Gasteiger partial charge in [-0.2, -0.15) is 18.2 Å². The molecule has 0 saturated heterocycles. The van der Waals surface area contributed by atoms with Crippen molar-refractivity contribution >= 4 is 11.8 Å². The number of thioether (sulfide) groups is 1. The number of hydrogen-bond acceptors (Lipinski definition) is 5. The standard InChI is InChI=1S/C17H13F4N3OS/c1-9-3-4-11(7-13(9)18)15-23-16(25-24-15)10(2)26-14-6-5-12(8-22-14)17(19,20)21/h3-8,10H,1-2H3. The summed E-state index contributed by atoms with van der Waals surface area (Å²) in [4.78, 5) is 8.03. The van der Waals surface area contributed by atoms with Crippen molar-refractivity contribution in [1.82, 2.24) is 15.1 Å². The van der Waals surface area contributed by atoms with Crippen LogP contribution < -0.4 is 0 Å². The first-order valence-electron chi connectivity index (χ1n) is 7.54. The number of halogens is 4. The lowest BCUT2D eigenvalue weighted by Crippen LogP contribution is -2.05. The second kappa shape index (κ2) is 7.06. The SMILES string of the molecule is Cc1ccc(-c2noc(C(C)Sc3ccc(C(F)(F)F)cn3)n2)cc1F. The van der Waals surface area contributed by atoms with E-state index in [2.05, 4.69) is 15.1 Å². The maximum Gasteiger partial charge on any atom is 0.417 e. The summed E-state index contributed by atoms with van der Waals surface area (Å²) in [6, 6.07) is 6.87. The number of nitrogens with zero attached hydrogens (tertiary/aromatic N) is 3. The first-order chi connectivity index (χ1) is 12.2. The van der Waals surface area contributed by atoms with Crippen molar-refractivity contribution in [2.45, 2.75) is 30.3 Å². The van der Waals surface area contributed by atoms with E-state index in [1.165, 1.54) is 23.9 Å². The van der Waals surface area contributed by atoms with Gasteiger partial charge in [0, 0.05) is 11.8 Å². The van der Waals surface area contributed by atoms with Crippen LogP contribution in [0.2, 0.25) is 0 Å². The van der Waals surface area contributed by atoms with Crippen molar-refractivity contribution in [2.24, 2.45) is 0 Å². The zero-order valence-corrected chi connectivity index (χ0v) is 14.5. The second-order valence-electron chi connectivity index (χ2n) is 5.56. The van der Waals surface area contributed by atoms with Crippen molar-refractivity contribution in [1.29, 1.82) is 0 Å². The molecule has 4 nitrogen and oxygen atoms in total. The zero-order valence-electron chi connectivity index (χ0n) is 13.7. The van der Waals surface area contributed by atoms with E-state index in [-0.39, 0.29) is 22.8 Å². The second-order valence-corrected chi connectivity index (χ2v) is 6.92. The van der Waals surface area contributed by atoms with Crippen LogP contribution in [0.15, 0.2) is 46.1 Å². The highest BCUT2D eigenvalue weighted by atomic mass is 32.2. The molecular weight excluding hydrogens is 370 g/mol. The van der Waals surface area contributed by atoms with Crippen LogP contribution in [-0.4, -0.2) is 15.1 Å². The van der Waals surface area contributed by atoms with Crippen LogP contribution in [-0.2, 0) is 6.18 Å². The first kappa shape index (κ1) is 18.4. The number of aryl methyl sites for hydroxylation is 1. The normalized spacial score (nSPS) is 13.0. The molecule has 0 bridgehead atoms. The quantitative estimate of drug-likeness (QED) is 0.443. The lowest BCUT2D eigenvalue weighted by molar-refractivity contribution is -0.137. The third kappa shape index (κ3) is 4.04. The molecule has 136 valence electrons. The fourth-order valence-electron chi connectivity index (χ4n) is 2.10. The van der Waals surface area contributed by atoms with E-state index in [0.29, 0.717) is 16.2 Å². The third-order valence-electron chi connectivity index (χ3n) is 3.58. The summed E-state index contributed by atoms with van der Waals surface area (Å²) >= 11 is 1.18. The Morgan fingerprint density at radius 3 is 2.54 bits per heavy atom. The maximum atomic E-state index is 13.7. The van der Waals surface area contributed by atoms with E-state index < -0.39 is 11.7 Å². The molecule has 9 heteroatoms. The molecule has 0 N–H and O–H groups in total. The molecule has 3 aromatic rings. The highest BCUT2D eigenvalue weighted by Gasteiger charge is 2.30. The number of hydrogen-bond donors (Lipinski definition) is 0. The smallest absolute Gasteiger partial charge is 0.338 e. The Kier molecular flexibility index (Phi) is 4.99. The molecular formula is C17H13F4N3OS. The molecule has 0 spiro atoms. The van der Waals surface area contributed by atoms with Gasteiger partial charge in [-0.1, -0.05) is 29.1 Å². The van der Waals surface area contributed by atoms with Gasteiger partial charge in [0.05, 0.1) is 15.8 Å². The summed E-state index contributed by atoms with van der Waals surface area (Å²) in [5.74, 6) is 0.143. The Morgan fingerprint density at radius 1 is 1.15 bits per heavy atom. The van der Waals surface area contributed by atoms with E-state index >= 15 is 0 Å². The summed E-state index contributed by atoms with van der Waals surface area (Å²) in [6.45, 7) is 3.41. The van der Waals surface area contributed by atoms with E-state index in [1.807, 2.05) is 0 Å². The Balaban J connectivity index is 1.73. The van der Waals surface area contributed by atoms with Gasteiger partial charge in [-0.3, -0.25) is 0 Å². The van der Waals surface area contributed by atoms with Gasteiger partial charge < -0.3 is 4.52 Å². The summed E-state index contributed by atoms with van der Waals surface area (Å²) < 4.78 is 56.5. The topological polar surface area (TPSA) is 51.8 Å². The van der Waals surface area contributed by atoms with Crippen LogP contribution in [0.1, 0.15) is 29.2 Å². The summed E-state index contributed by atoms with van der Waals surface area (Å²) in [6.07, 6.45) is -3.64. The van der Waals surface area contributed by atoms with Crippen LogP contribution in [0, 0.1) is 12.7 Å². The van der Waals surface area contributed by atoms with E-state index in [1.54, 1.807) is 26.0 Å². The number of pyridine rings is 1. The van der Waals surface area contributed by atoms with Crippen LogP contribution in [0.3, 0.4) is 0 Å². The molecule has 1 unspecified atom stereocenters. The van der Waals surface area contributed by atoms with Crippen LogP contribution in [0.25, 0.3) is 11.4 Å². The number of alkyl halides is 3. The van der Waals surface area contributed by atoms with Gasteiger partial charge >= 0.3 is 6.18 Å². The lowest BCUT2D eigenvalue weighted by Gasteiger charge is -2.08. The Morgan fingerprint density at radius 2 is 1.92 bits per heavy atom. The number of rotatable bonds is 4. The molecule has 0 aliphatic heterocycles. The Hall–Kier alpha value is -2.42. The lowest BCUT2D eigenvalue weighted by atomic mass is 10.1. The minimum Gasteiger partial charge on any atom is -0.338 e. The molecule has 1 aromatic carbocycles. The van der Waals surface area contributed by atoms with Crippen molar-refractivity contribution < 1.29 is 22.1 Å². The van der Waals surface area contributed by atoms with E-state index in [9.17, 15) is 17.6 Å². The van der Waals surface area contributed by atoms with Gasteiger partial charge in [0.25, 0.3) is 0 Å². The molecule has 0 amide bonds. The van der Waals surface area contributed by atoms with Crippen LogP contribution in [0.5, 0.6) is 0 Å². The highest BCUT2D eigenvalue weighted by Crippen LogP contribution is 2.35. The summed E-state index contributed by atoms with van der Waals surface area (Å²) in [5.41, 5.74) is 0.179. The van der Waals surface area contributed by atoms with Gasteiger partial charge in [0.1, 0.15) is 5.82 Å². The minimum absolute atomic E-state index is 0.242. The Bertz CT molecular complexity index is 909. The number of benzene rings is 1. The molecule has 0 aliphatic rings. The van der Waals surface area contributed by atoms with Crippen molar-refractivity contribution in [3.8, 4) is 11.4 Å².